The summed E-state index contributed by atoms with van der Waals surface area (Å²) in [4.78, 5) is 23.3. The van der Waals surface area contributed by atoms with Crippen molar-refractivity contribution in [3.63, 3.8) is 0 Å². The van der Waals surface area contributed by atoms with Gasteiger partial charge in [-0.1, -0.05) is 6.07 Å². The highest BCUT2D eigenvalue weighted by atomic mass is 16.2. The van der Waals surface area contributed by atoms with Crippen LogP contribution in [0.2, 0.25) is 0 Å². The van der Waals surface area contributed by atoms with Crippen LogP contribution in [0.3, 0.4) is 0 Å². The summed E-state index contributed by atoms with van der Waals surface area (Å²) in [5.74, 6) is 0.138. The Labute approximate surface area is 136 Å². The maximum absolute atomic E-state index is 13.0. The molecule has 1 aromatic heterocycles. The average molecular weight is 307 g/mol. The van der Waals surface area contributed by atoms with Crippen LogP contribution in [0.4, 0.5) is 0 Å². The van der Waals surface area contributed by atoms with E-state index in [0.29, 0.717) is 0 Å². The van der Waals surface area contributed by atoms with Gasteiger partial charge in [0.15, 0.2) is 0 Å². The minimum absolute atomic E-state index is 0.0848. The fourth-order valence-electron chi connectivity index (χ4n) is 3.85. The zero-order valence-corrected chi connectivity index (χ0v) is 13.2. The number of benzene rings is 1. The molecule has 1 saturated heterocycles. The van der Waals surface area contributed by atoms with Crippen molar-refractivity contribution in [3.8, 4) is 0 Å². The van der Waals surface area contributed by atoms with Gasteiger partial charge in [-0.2, -0.15) is 0 Å². The molecule has 1 fully saturated rings. The summed E-state index contributed by atoms with van der Waals surface area (Å²) in [7, 11) is 0. The van der Waals surface area contributed by atoms with Crippen LogP contribution >= 0.6 is 0 Å². The Bertz CT molecular complexity index is 714. The van der Waals surface area contributed by atoms with Crippen LogP contribution in [-0.4, -0.2) is 27.3 Å². The number of nitrogens with zero attached hydrogens (tertiary/aromatic N) is 3. The molecule has 1 aliphatic heterocycles. The summed E-state index contributed by atoms with van der Waals surface area (Å²) in [5, 5.41) is 0. The highest BCUT2D eigenvalue weighted by molar-refractivity contribution is 5.95. The van der Waals surface area contributed by atoms with Gasteiger partial charge >= 0.3 is 0 Å². The molecule has 4 rings (SSSR count). The third-order valence-electron chi connectivity index (χ3n) is 5.06. The summed E-state index contributed by atoms with van der Waals surface area (Å²) in [6, 6.07) is 8.27. The topological polar surface area (TPSA) is 46.1 Å². The standard InChI is InChI=1S/C19H21N3O/c23-19(16-8-7-14-4-1-2-5-15(14)12-16)22-11-3-6-18(22)17-9-10-20-13-21-17/h7-10,12-13,18H,1-6,11H2/t18-/m0/s1. The number of rotatable bonds is 2. The minimum Gasteiger partial charge on any atom is -0.330 e. The third-order valence-corrected chi connectivity index (χ3v) is 5.06. The lowest BCUT2D eigenvalue weighted by molar-refractivity contribution is 0.0732. The molecular formula is C19H21N3O. The second-order valence-corrected chi connectivity index (χ2v) is 6.48. The Kier molecular flexibility index (Phi) is 3.82. The lowest BCUT2D eigenvalue weighted by Gasteiger charge is -2.25. The van der Waals surface area contributed by atoms with Crippen molar-refractivity contribution >= 4 is 5.91 Å². The van der Waals surface area contributed by atoms with Gasteiger partial charge in [-0.3, -0.25) is 4.79 Å². The lowest BCUT2D eigenvalue weighted by Crippen LogP contribution is -2.31. The molecule has 1 amide bonds. The van der Waals surface area contributed by atoms with Crippen LogP contribution in [0.5, 0.6) is 0 Å². The number of hydrogen-bond acceptors (Lipinski definition) is 3. The van der Waals surface area contributed by atoms with Gasteiger partial charge in [0.1, 0.15) is 6.33 Å². The molecule has 0 saturated carbocycles. The van der Waals surface area contributed by atoms with Gasteiger partial charge in [-0.25, -0.2) is 9.97 Å². The predicted molar refractivity (Wildman–Crippen MR) is 88.1 cm³/mol. The van der Waals surface area contributed by atoms with E-state index >= 15 is 0 Å². The smallest absolute Gasteiger partial charge is 0.254 e. The molecule has 2 heterocycles. The van der Waals surface area contributed by atoms with Crippen LogP contribution in [0.1, 0.15) is 58.9 Å². The van der Waals surface area contributed by atoms with Crippen molar-refractivity contribution in [2.75, 3.05) is 6.54 Å². The largest absolute Gasteiger partial charge is 0.330 e. The first kappa shape index (κ1) is 14.4. The summed E-state index contributed by atoms with van der Waals surface area (Å²) < 4.78 is 0. The normalized spacial score (nSPS) is 20.3. The predicted octanol–water partition coefficient (Wildman–Crippen LogP) is 3.33. The number of likely N-dealkylation sites (tertiary alicyclic amines) is 1. The van der Waals surface area contributed by atoms with Crippen molar-refractivity contribution < 1.29 is 4.79 Å². The molecule has 0 radical (unpaired) electrons. The Hall–Kier alpha value is -2.23. The monoisotopic (exact) mass is 307 g/mol. The lowest BCUT2D eigenvalue weighted by atomic mass is 9.90. The van der Waals surface area contributed by atoms with E-state index in [-0.39, 0.29) is 11.9 Å². The number of amides is 1. The molecule has 0 N–H and O–H groups in total. The quantitative estimate of drug-likeness (QED) is 0.855. The summed E-state index contributed by atoms with van der Waals surface area (Å²) in [6.07, 6.45) is 10.1. The van der Waals surface area contributed by atoms with Crippen molar-refractivity contribution in [2.45, 2.75) is 44.6 Å². The van der Waals surface area contributed by atoms with E-state index < -0.39 is 0 Å². The Morgan fingerprint density at radius 2 is 1.96 bits per heavy atom. The number of carbonyl (C=O) groups excluding carboxylic acids is 1. The van der Waals surface area contributed by atoms with Gasteiger partial charge in [0.05, 0.1) is 11.7 Å². The number of fused-ring (bicyclic) bond motifs is 1. The van der Waals surface area contributed by atoms with Gasteiger partial charge in [0.25, 0.3) is 5.91 Å². The van der Waals surface area contributed by atoms with Gasteiger partial charge in [-0.15, -0.1) is 0 Å². The Morgan fingerprint density at radius 1 is 1.09 bits per heavy atom. The van der Waals surface area contributed by atoms with Gasteiger partial charge < -0.3 is 4.90 Å². The fraction of sp³-hybridized carbons (Fsp3) is 0.421. The summed E-state index contributed by atoms with van der Waals surface area (Å²) in [6.45, 7) is 0.810. The van der Waals surface area contributed by atoms with Crippen molar-refractivity contribution in [1.82, 2.24) is 14.9 Å². The Balaban J connectivity index is 1.61. The molecule has 0 bridgehead atoms. The van der Waals surface area contributed by atoms with Gasteiger partial charge in [0.2, 0.25) is 0 Å². The van der Waals surface area contributed by atoms with Crippen molar-refractivity contribution in [2.24, 2.45) is 0 Å². The Morgan fingerprint density at radius 3 is 2.78 bits per heavy atom. The van der Waals surface area contributed by atoms with Crippen molar-refractivity contribution in [1.29, 1.82) is 0 Å². The molecule has 1 atom stereocenters. The number of aryl methyl sites for hydroxylation is 2. The SMILES string of the molecule is O=C(c1ccc2c(c1)CCCC2)N1CCC[C@H]1c1ccncn1. The highest BCUT2D eigenvalue weighted by Gasteiger charge is 2.31. The maximum atomic E-state index is 13.0. The summed E-state index contributed by atoms with van der Waals surface area (Å²) >= 11 is 0. The van der Waals surface area contributed by atoms with E-state index in [4.69, 9.17) is 0 Å². The zero-order valence-electron chi connectivity index (χ0n) is 13.2. The van der Waals surface area contributed by atoms with Crippen molar-refractivity contribution in [3.05, 3.63) is 59.2 Å². The van der Waals surface area contributed by atoms with E-state index in [0.717, 1.165) is 43.5 Å². The fourth-order valence-corrected chi connectivity index (χ4v) is 3.85. The van der Waals surface area contributed by atoms with Crippen LogP contribution in [0.15, 0.2) is 36.8 Å². The average Bonchev–Trinajstić information content (AvgIpc) is 3.11. The molecule has 4 heteroatoms. The van der Waals surface area contributed by atoms with E-state index in [1.807, 2.05) is 17.0 Å². The van der Waals surface area contributed by atoms with Gasteiger partial charge in [-0.05, 0) is 67.9 Å². The van der Waals surface area contributed by atoms with Crippen LogP contribution < -0.4 is 0 Å². The second kappa shape index (κ2) is 6.11. The molecular weight excluding hydrogens is 286 g/mol. The first-order valence-electron chi connectivity index (χ1n) is 8.51. The van der Waals surface area contributed by atoms with Crippen LogP contribution in [-0.2, 0) is 12.8 Å². The molecule has 118 valence electrons. The molecule has 2 aromatic rings. The molecule has 1 aromatic carbocycles. The molecule has 0 unspecified atom stereocenters. The van der Waals surface area contributed by atoms with E-state index in [1.165, 1.54) is 24.0 Å². The van der Waals surface area contributed by atoms with E-state index in [2.05, 4.69) is 22.1 Å². The van der Waals surface area contributed by atoms with Gasteiger partial charge in [0, 0.05) is 18.3 Å². The van der Waals surface area contributed by atoms with Crippen LogP contribution in [0.25, 0.3) is 0 Å². The highest BCUT2D eigenvalue weighted by Crippen LogP contribution is 2.32. The third kappa shape index (κ3) is 2.74. The molecule has 4 nitrogen and oxygen atoms in total. The second-order valence-electron chi connectivity index (χ2n) is 6.48. The maximum Gasteiger partial charge on any atom is 0.254 e. The number of hydrogen-bond donors (Lipinski definition) is 0. The summed E-state index contributed by atoms with van der Waals surface area (Å²) in [5.41, 5.74) is 4.55. The van der Waals surface area contributed by atoms with Crippen LogP contribution in [0, 0.1) is 0 Å². The first-order chi connectivity index (χ1) is 11.3. The molecule has 1 aliphatic carbocycles. The molecule has 23 heavy (non-hydrogen) atoms. The molecule has 0 spiro atoms. The minimum atomic E-state index is 0.0848. The zero-order chi connectivity index (χ0) is 15.6. The number of aromatic nitrogens is 2. The van der Waals surface area contributed by atoms with E-state index in [1.54, 1.807) is 12.5 Å². The van der Waals surface area contributed by atoms with E-state index in [9.17, 15) is 4.79 Å². The number of carbonyl (C=O) groups is 1. The first-order valence-corrected chi connectivity index (χ1v) is 8.51. The molecule has 2 aliphatic rings.